The summed E-state index contributed by atoms with van der Waals surface area (Å²) in [5, 5.41) is 14.1. The van der Waals surface area contributed by atoms with E-state index in [0.717, 1.165) is 12.8 Å². The fraction of sp³-hybridized carbons (Fsp3) is 0.750. The number of aliphatic carboxylic acids is 1. The minimum absolute atomic E-state index is 0.0878. The second-order valence-corrected chi connectivity index (χ2v) is 4.51. The quantitative estimate of drug-likeness (QED) is 0.651. The van der Waals surface area contributed by atoms with Gasteiger partial charge in [-0.15, -0.1) is 0 Å². The standard InChI is InChI=1S/C12H20N2O4/c1-2-13-10(15)7-14-11(16)8-5-3-4-6-9(8)12(17)18/h8-9H,2-7H2,1H3,(H,13,15)(H,14,16)(H,17,18). The Kier molecular flexibility index (Phi) is 5.61. The molecule has 6 heteroatoms. The van der Waals surface area contributed by atoms with E-state index in [9.17, 15) is 14.4 Å². The molecule has 0 aliphatic heterocycles. The van der Waals surface area contributed by atoms with Crippen molar-refractivity contribution < 1.29 is 19.5 Å². The highest BCUT2D eigenvalue weighted by Crippen LogP contribution is 2.30. The first-order chi connectivity index (χ1) is 8.56. The van der Waals surface area contributed by atoms with Crippen molar-refractivity contribution in [2.24, 2.45) is 11.8 Å². The van der Waals surface area contributed by atoms with E-state index in [1.54, 1.807) is 6.92 Å². The lowest BCUT2D eigenvalue weighted by Gasteiger charge is -2.27. The van der Waals surface area contributed by atoms with E-state index in [1.807, 2.05) is 0 Å². The lowest BCUT2D eigenvalue weighted by atomic mass is 9.79. The van der Waals surface area contributed by atoms with Crippen LogP contribution in [-0.4, -0.2) is 36.0 Å². The number of carboxylic acids is 1. The van der Waals surface area contributed by atoms with Crippen molar-refractivity contribution in [1.82, 2.24) is 10.6 Å². The van der Waals surface area contributed by atoms with Gasteiger partial charge in [0.1, 0.15) is 0 Å². The van der Waals surface area contributed by atoms with E-state index in [1.165, 1.54) is 0 Å². The highest BCUT2D eigenvalue weighted by Gasteiger charge is 2.35. The molecule has 1 rings (SSSR count). The van der Waals surface area contributed by atoms with Gasteiger partial charge in [-0.3, -0.25) is 14.4 Å². The van der Waals surface area contributed by atoms with Gasteiger partial charge in [0, 0.05) is 6.54 Å². The van der Waals surface area contributed by atoms with Gasteiger partial charge in [0.25, 0.3) is 0 Å². The van der Waals surface area contributed by atoms with E-state index in [4.69, 9.17) is 5.11 Å². The molecule has 2 atom stereocenters. The van der Waals surface area contributed by atoms with Gasteiger partial charge < -0.3 is 15.7 Å². The summed E-state index contributed by atoms with van der Waals surface area (Å²) in [6, 6.07) is 0. The van der Waals surface area contributed by atoms with Gasteiger partial charge in [0.05, 0.1) is 18.4 Å². The molecular weight excluding hydrogens is 236 g/mol. The second-order valence-electron chi connectivity index (χ2n) is 4.51. The van der Waals surface area contributed by atoms with Crippen molar-refractivity contribution in [2.75, 3.05) is 13.1 Å². The summed E-state index contributed by atoms with van der Waals surface area (Å²) < 4.78 is 0. The third kappa shape index (κ3) is 4.01. The molecule has 0 aromatic carbocycles. The van der Waals surface area contributed by atoms with Crippen molar-refractivity contribution >= 4 is 17.8 Å². The molecule has 102 valence electrons. The maximum absolute atomic E-state index is 11.9. The lowest BCUT2D eigenvalue weighted by Crippen LogP contribution is -2.43. The maximum atomic E-state index is 11.9. The van der Waals surface area contributed by atoms with Crippen molar-refractivity contribution in [3.8, 4) is 0 Å². The molecule has 1 aliphatic rings. The lowest BCUT2D eigenvalue weighted by molar-refractivity contribution is -0.149. The van der Waals surface area contributed by atoms with E-state index in [0.29, 0.717) is 19.4 Å². The zero-order valence-corrected chi connectivity index (χ0v) is 10.6. The van der Waals surface area contributed by atoms with E-state index >= 15 is 0 Å². The number of hydrogen-bond acceptors (Lipinski definition) is 3. The minimum Gasteiger partial charge on any atom is -0.481 e. The largest absolute Gasteiger partial charge is 0.481 e. The average molecular weight is 256 g/mol. The van der Waals surface area contributed by atoms with Gasteiger partial charge in [-0.25, -0.2) is 0 Å². The number of rotatable bonds is 5. The number of carbonyl (C=O) groups excluding carboxylic acids is 2. The number of likely N-dealkylation sites (N-methyl/N-ethyl adjacent to an activating group) is 1. The summed E-state index contributed by atoms with van der Waals surface area (Å²) in [7, 11) is 0. The van der Waals surface area contributed by atoms with Crippen LogP contribution >= 0.6 is 0 Å². The molecule has 0 heterocycles. The molecule has 1 fully saturated rings. The van der Waals surface area contributed by atoms with Crippen LogP contribution in [0.25, 0.3) is 0 Å². The van der Waals surface area contributed by atoms with E-state index in [2.05, 4.69) is 10.6 Å². The first kappa shape index (κ1) is 14.5. The monoisotopic (exact) mass is 256 g/mol. The summed E-state index contributed by atoms with van der Waals surface area (Å²) in [5.74, 6) is -2.63. The Morgan fingerprint density at radius 2 is 1.72 bits per heavy atom. The topological polar surface area (TPSA) is 95.5 Å². The highest BCUT2D eigenvalue weighted by molar-refractivity contribution is 5.88. The third-order valence-corrected chi connectivity index (χ3v) is 3.22. The number of carbonyl (C=O) groups is 3. The van der Waals surface area contributed by atoms with Crippen molar-refractivity contribution in [2.45, 2.75) is 32.6 Å². The molecule has 2 amide bonds. The van der Waals surface area contributed by atoms with E-state index in [-0.39, 0.29) is 18.4 Å². The molecule has 0 aromatic rings. The Bertz CT molecular complexity index is 330. The molecular formula is C12H20N2O4. The fourth-order valence-electron chi connectivity index (χ4n) is 2.30. The van der Waals surface area contributed by atoms with Crippen molar-refractivity contribution in [1.29, 1.82) is 0 Å². The van der Waals surface area contributed by atoms with Crippen molar-refractivity contribution in [3.63, 3.8) is 0 Å². The Labute approximate surface area is 106 Å². The van der Waals surface area contributed by atoms with Crippen LogP contribution in [0.3, 0.4) is 0 Å². The van der Waals surface area contributed by atoms with Gasteiger partial charge in [0.2, 0.25) is 11.8 Å². The van der Waals surface area contributed by atoms with Crippen LogP contribution in [-0.2, 0) is 14.4 Å². The summed E-state index contributed by atoms with van der Waals surface area (Å²) in [6.45, 7) is 2.21. The fourth-order valence-corrected chi connectivity index (χ4v) is 2.30. The highest BCUT2D eigenvalue weighted by atomic mass is 16.4. The Morgan fingerprint density at radius 3 is 2.28 bits per heavy atom. The van der Waals surface area contributed by atoms with Gasteiger partial charge in [0.15, 0.2) is 0 Å². The summed E-state index contributed by atoms with van der Waals surface area (Å²) in [4.78, 5) is 34.1. The predicted octanol–water partition coefficient (Wildman–Crippen LogP) is 0.130. The molecule has 2 unspecified atom stereocenters. The normalized spacial score (nSPS) is 23.2. The molecule has 3 N–H and O–H groups in total. The van der Waals surface area contributed by atoms with Crippen LogP contribution in [0.2, 0.25) is 0 Å². The second kappa shape index (κ2) is 6.98. The SMILES string of the molecule is CCNC(=O)CNC(=O)C1CCCCC1C(=O)O. The van der Waals surface area contributed by atoms with Gasteiger partial charge in [-0.1, -0.05) is 12.8 Å². The molecule has 1 saturated carbocycles. The van der Waals surface area contributed by atoms with Crippen LogP contribution in [0.15, 0.2) is 0 Å². The maximum Gasteiger partial charge on any atom is 0.307 e. The third-order valence-electron chi connectivity index (χ3n) is 3.22. The summed E-state index contributed by atoms with van der Waals surface area (Å²) >= 11 is 0. The number of amides is 2. The molecule has 0 radical (unpaired) electrons. The zero-order chi connectivity index (χ0) is 13.5. The first-order valence-corrected chi connectivity index (χ1v) is 6.33. The average Bonchev–Trinajstić information content (AvgIpc) is 2.36. The molecule has 0 spiro atoms. The Morgan fingerprint density at radius 1 is 1.11 bits per heavy atom. The zero-order valence-electron chi connectivity index (χ0n) is 10.6. The Hall–Kier alpha value is -1.59. The van der Waals surface area contributed by atoms with Gasteiger partial charge >= 0.3 is 5.97 Å². The first-order valence-electron chi connectivity index (χ1n) is 6.33. The smallest absolute Gasteiger partial charge is 0.307 e. The van der Waals surface area contributed by atoms with Crippen LogP contribution in [0.4, 0.5) is 0 Å². The molecule has 0 saturated heterocycles. The van der Waals surface area contributed by atoms with Crippen molar-refractivity contribution in [3.05, 3.63) is 0 Å². The molecule has 0 aromatic heterocycles. The van der Waals surface area contributed by atoms with Crippen LogP contribution in [0, 0.1) is 11.8 Å². The minimum atomic E-state index is -0.923. The molecule has 1 aliphatic carbocycles. The van der Waals surface area contributed by atoms with Gasteiger partial charge in [-0.05, 0) is 19.8 Å². The van der Waals surface area contributed by atoms with Crippen LogP contribution in [0.1, 0.15) is 32.6 Å². The Balaban J connectivity index is 2.48. The molecule has 18 heavy (non-hydrogen) atoms. The van der Waals surface area contributed by atoms with E-state index < -0.39 is 17.8 Å². The number of carboxylic acid groups (broad SMARTS) is 1. The van der Waals surface area contributed by atoms with Crippen LogP contribution in [0.5, 0.6) is 0 Å². The van der Waals surface area contributed by atoms with Crippen LogP contribution < -0.4 is 10.6 Å². The number of hydrogen-bond donors (Lipinski definition) is 3. The van der Waals surface area contributed by atoms with Gasteiger partial charge in [-0.2, -0.15) is 0 Å². The predicted molar refractivity (Wildman–Crippen MR) is 64.8 cm³/mol. The summed E-state index contributed by atoms with van der Waals surface area (Å²) in [6.07, 6.45) is 2.83. The molecule has 6 nitrogen and oxygen atoms in total. The number of nitrogens with one attached hydrogen (secondary N) is 2. The molecule has 0 bridgehead atoms. The summed E-state index contributed by atoms with van der Waals surface area (Å²) in [5.41, 5.74) is 0.